The number of hydrogen-bond donors (Lipinski definition) is 1. The third kappa shape index (κ3) is 5.90. The lowest BCUT2D eigenvalue weighted by Crippen LogP contribution is -2.48. The lowest BCUT2D eigenvalue weighted by molar-refractivity contribution is -0.149. The molecule has 0 spiro atoms. The molecule has 2 aliphatic rings. The number of piperidine rings is 1. The highest BCUT2D eigenvalue weighted by Crippen LogP contribution is 2.18. The lowest BCUT2D eigenvalue weighted by Gasteiger charge is -2.34. The van der Waals surface area contributed by atoms with Gasteiger partial charge in [0.15, 0.2) is 5.96 Å². The van der Waals surface area contributed by atoms with Crippen molar-refractivity contribution in [2.24, 2.45) is 10.9 Å². The number of carbonyl (C=O) groups excluding carboxylic acids is 2. The largest absolute Gasteiger partial charge is 0.466 e. The van der Waals surface area contributed by atoms with Crippen LogP contribution in [0.2, 0.25) is 0 Å². The quantitative estimate of drug-likeness (QED) is 0.323. The molecule has 0 radical (unpaired) electrons. The number of aliphatic imine (C=N–C) groups is 1. The SMILES string of the molecule is CCNC(=NCCCN1CCCC1=O)N1CCCC(C(=O)OCC)C1. The van der Waals surface area contributed by atoms with Crippen LogP contribution in [0.25, 0.3) is 0 Å². The van der Waals surface area contributed by atoms with Crippen molar-refractivity contribution in [1.82, 2.24) is 15.1 Å². The van der Waals surface area contributed by atoms with E-state index in [1.165, 1.54) is 0 Å². The summed E-state index contributed by atoms with van der Waals surface area (Å²) in [7, 11) is 0. The Balaban J connectivity index is 1.85. The third-order valence-electron chi connectivity index (χ3n) is 4.69. The predicted molar refractivity (Wildman–Crippen MR) is 97.3 cm³/mol. The van der Waals surface area contributed by atoms with Crippen LogP contribution in [0.5, 0.6) is 0 Å². The van der Waals surface area contributed by atoms with Crippen LogP contribution in [0.3, 0.4) is 0 Å². The van der Waals surface area contributed by atoms with Crippen molar-refractivity contribution >= 4 is 17.8 Å². The number of carbonyl (C=O) groups is 2. The first-order valence-electron chi connectivity index (χ1n) is 9.63. The van der Waals surface area contributed by atoms with Gasteiger partial charge in [-0.25, -0.2) is 0 Å². The monoisotopic (exact) mass is 352 g/mol. The molecule has 0 aromatic carbocycles. The molecule has 0 saturated carbocycles. The molecule has 0 aromatic heterocycles. The summed E-state index contributed by atoms with van der Waals surface area (Å²) >= 11 is 0. The molecule has 2 fully saturated rings. The third-order valence-corrected chi connectivity index (χ3v) is 4.69. The Hall–Kier alpha value is -1.79. The normalized spacial score (nSPS) is 21.6. The van der Waals surface area contributed by atoms with E-state index in [0.717, 1.165) is 57.8 Å². The van der Waals surface area contributed by atoms with E-state index in [-0.39, 0.29) is 17.8 Å². The standard InChI is InChI=1S/C18H32N4O3/c1-3-19-18(20-10-7-13-21-11-6-9-16(21)23)22-12-5-8-15(14-22)17(24)25-4-2/h15H,3-14H2,1-2H3,(H,19,20). The summed E-state index contributed by atoms with van der Waals surface area (Å²) in [6, 6.07) is 0. The van der Waals surface area contributed by atoms with Gasteiger partial charge in [0.1, 0.15) is 0 Å². The van der Waals surface area contributed by atoms with Crippen molar-refractivity contribution in [3.05, 3.63) is 0 Å². The molecule has 1 unspecified atom stereocenters. The second kappa shape index (κ2) is 10.3. The van der Waals surface area contributed by atoms with Gasteiger partial charge >= 0.3 is 5.97 Å². The Morgan fingerprint density at radius 3 is 2.84 bits per heavy atom. The number of rotatable bonds is 7. The predicted octanol–water partition coefficient (Wildman–Crippen LogP) is 1.24. The molecule has 1 amide bonds. The summed E-state index contributed by atoms with van der Waals surface area (Å²) in [6.45, 7) is 9.04. The molecule has 2 rings (SSSR count). The zero-order chi connectivity index (χ0) is 18.1. The number of likely N-dealkylation sites (tertiary alicyclic amines) is 2. The average molecular weight is 352 g/mol. The van der Waals surface area contributed by atoms with Gasteiger partial charge in [0.2, 0.25) is 5.91 Å². The van der Waals surface area contributed by atoms with Crippen LogP contribution in [0.15, 0.2) is 4.99 Å². The fourth-order valence-electron chi connectivity index (χ4n) is 3.43. The van der Waals surface area contributed by atoms with Crippen molar-refractivity contribution in [1.29, 1.82) is 0 Å². The van der Waals surface area contributed by atoms with Crippen LogP contribution in [-0.4, -0.2) is 73.5 Å². The first-order chi connectivity index (χ1) is 12.2. The highest BCUT2D eigenvalue weighted by atomic mass is 16.5. The summed E-state index contributed by atoms with van der Waals surface area (Å²) in [5.74, 6) is 0.962. The van der Waals surface area contributed by atoms with Crippen LogP contribution in [0, 0.1) is 5.92 Å². The van der Waals surface area contributed by atoms with Gasteiger partial charge in [0.05, 0.1) is 12.5 Å². The van der Waals surface area contributed by atoms with E-state index in [1.807, 2.05) is 18.7 Å². The van der Waals surface area contributed by atoms with Crippen molar-refractivity contribution < 1.29 is 14.3 Å². The van der Waals surface area contributed by atoms with Crippen LogP contribution < -0.4 is 5.32 Å². The van der Waals surface area contributed by atoms with Crippen molar-refractivity contribution in [3.63, 3.8) is 0 Å². The molecule has 7 heteroatoms. The fraction of sp³-hybridized carbons (Fsp3) is 0.833. The molecule has 2 heterocycles. The van der Waals surface area contributed by atoms with E-state index in [0.29, 0.717) is 26.1 Å². The summed E-state index contributed by atoms with van der Waals surface area (Å²) in [4.78, 5) is 32.4. The van der Waals surface area contributed by atoms with E-state index in [4.69, 9.17) is 9.73 Å². The number of hydrogen-bond acceptors (Lipinski definition) is 4. The molecule has 2 saturated heterocycles. The Morgan fingerprint density at radius 2 is 2.16 bits per heavy atom. The van der Waals surface area contributed by atoms with Gasteiger partial charge in [-0.3, -0.25) is 14.6 Å². The van der Waals surface area contributed by atoms with E-state index >= 15 is 0 Å². The Kier molecular flexibility index (Phi) is 8.01. The number of amides is 1. The topological polar surface area (TPSA) is 74.2 Å². The van der Waals surface area contributed by atoms with Gasteiger partial charge < -0.3 is 19.9 Å². The molecule has 0 bridgehead atoms. The van der Waals surface area contributed by atoms with Gasteiger partial charge in [0.25, 0.3) is 0 Å². The fourth-order valence-corrected chi connectivity index (χ4v) is 3.43. The van der Waals surface area contributed by atoms with E-state index in [2.05, 4.69) is 10.2 Å². The Bertz CT molecular complexity index is 481. The molecular formula is C18H32N4O3. The maximum absolute atomic E-state index is 12.0. The molecule has 1 N–H and O–H groups in total. The first kappa shape index (κ1) is 19.5. The van der Waals surface area contributed by atoms with Crippen LogP contribution in [-0.2, 0) is 14.3 Å². The molecule has 25 heavy (non-hydrogen) atoms. The molecule has 0 aromatic rings. The zero-order valence-corrected chi connectivity index (χ0v) is 15.6. The summed E-state index contributed by atoms with van der Waals surface area (Å²) in [5.41, 5.74) is 0. The number of esters is 1. The van der Waals surface area contributed by atoms with Crippen molar-refractivity contribution in [2.75, 3.05) is 45.9 Å². The Labute approximate surface area is 150 Å². The summed E-state index contributed by atoms with van der Waals surface area (Å²) < 4.78 is 5.17. The molecule has 142 valence electrons. The van der Waals surface area contributed by atoms with E-state index in [9.17, 15) is 9.59 Å². The highest BCUT2D eigenvalue weighted by molar-refractivity contribution is 5.81. The maximum atomic E-state index is 12.0. The second-order valence-electron chi connectivity index (χ2n) is 6.61. The van der Waals surface area contributed by atoms with E-state index < -0.39 is 0 Å². The molecule has 2 aliphatic heterocycles. The van der Waals surface area contributed by atoms with Crippen molar-refractivity contribution in [2.45, 2.75) is 46.0 Å². The van der Waals surface area contributed by atoms with Gasteiger partial charge in [-0.2, -0.15) is 0 Å². The van der Waals surface area contributed by atoms with E-state index in [1.54, 1.807) is 0 Å². The number of nitrogens with one attached hydrogen (secondary N) is 1. The number of guanidine groups is 1. The molecular weight excluding hydrogens is 320 g/mol. The van der Waals surface area contributed by atoms with Gasteiger partial charge in [-0.1, -0.05) is 0 Å². The number of ether oxygens (including phenoxy) is 1. The molecule has 1 atom stereocenters. The van der Waals surface area contributed by atoms with Gasteiger partial charge in [-0.05, 0) is 39.5 Å². The van der Waals surface area contributed by atoms with Gasteiger partial charge in [0, 0.05) is 45.7 Å². The summed E-state index contributed by atoms with van der Waals surface area (Å²) in [6.07, 6.45) is 4.39. The smallest absolute Gasteiger partial charge is 0.310 e. The van der Waals surface area contributed by atoms with Gasteiger partial charge in [-0.15, -0.1) is 0 Å². The van der Waals surface area contributed by atoms with Crippen LogP contribution in [0.4, 0.5) is 0 Å². The lowest BCUT2D eigenvalue weighted by atomic mass is 9.98. The number of nitrogens with zero attached hydrogens (tertiary/aromatic N) is 3. The van der Waals surface area contributed by atoms with Crippen LogP contribution in [0.1, 0.15) is 46.0 Å². The van der Waals surface area contributed by atoms with Crippen molar-refractivity contribution in [3.8, 4) is 0 Å². The Morgan fingerprint density at radius 1 is 1.32 bits per heavy atom. The molecule has 0 aliphatic carbocycles. The minimum atomic E-state index is -0.101. The average Bonchev–Trinajstić information content (AvgIpc) is 3.03. The zero-order valence-electron chi connectivity index (χ0n) is 15.6. The highest BCUT2D eigenvalue weighted by Gasteiger charge is 2.28. The maximum Gasteiger partial charge on any atom is 0.310 e. The molecule has 7 nitrogen and oxygen atoms in total. The van der Waals surface area contributed by atoms with Crippen LogP contribution >= 0.6 is 0 Å². The minimum Gasteiger partial charge on any atom is -0.466 e. The first-order valence-corrected chi connectivity index (χ1v) is 9.63. The minimum absolute atomic E-state index is 0.0697. The second-order valence-corrected chi connectivity index (χ2v) is 6.61. The summed E-state index contributed by atoms with van der Waals surface area (Å²) in [5, 5.41) is 3.32.